The molecule has 0 aromatic carbocycles. The first-order valence-electron chi connectivity index (χ1n) is 7.19. The predicted octanol–water partition coefficient (Wildman–Crippen LogP) is 0.516. The molecule has 0 radical (unpaired) electrons. The summed E-state index contributed by atoms with van der Waals surface area (Å²) in [6.45, 7) is 3.22. The maximum atomic E-state index is 9.67. The van der Waals surface area contributed by atoms with Crippen molar-refractivity contribution in [2.45, 2.75) is 6.10 Å². The maximum absolute atomic E-state index is 9.67. The third kappa shape index (κ3) is 5.63. The van der Waals surface area contributed by atoms with Crippen LogP contribution >= 0.6 is 0 Å². The number of aliphatic hydroxyl groups is 1. The smallest absolute Gasteiger partial charge is 0.235 e. The van der Waals surface area contributed by atoms with E-state index in [9.17, 15) is 5.11 Å². The molecule has 0 aromatic rings. The molecule has 7 heteroatoms. The van der Waals surface area contributed by atoms with Crippen molar-refractivity contribution in [3.8, 4) is 0 Å². The Morgan fingerprint density at radius 2 is 2.09 bits per heavy atom. The van der Waals surface area contributed by atoms with E-state index in [1.807, 2.05) is 18.4 Å². The lowest BCUT2D eigenvalue weighted by Crippen LogP contribution is -2.32. The predicted molar refractivity (Wildman–Crippen MR) is 87.2 cm³/mol. The van der Waals surface area contributed by atoms with Crippen molar-refractivity contribution in [1.82, 2.24) is 10.3 Å². The van der Waals surface area contributed by atoms with Crippen molar-refractivity contribution in [3.63, 3.8) is 0 Å². The maximum Gasteiger partial charge on any atom is 0.235 e. The number of guanidine groups is 1. The summed E-state index contributed by atoms with van der Waals surface area (Å²) in [5, 5.41) is 21.2. The van der Waals surface area contributed by atoms with E-state index in [-0.39, 0.29) is 11.9 Å². The molecule has 7 nitrogen and oxygen atoms in total. The number of hydrazone groups is 1. The second-order valence-corrected chi connectivity index (χ2v) is 4.84. The number of hydrogen-bond donors (Lipinski definition) is 3. The van der Waals surface area contributed by atoms with E-state index in [0.29, 0.717) is 0 Å². The van der Waals surface area contributed by atoms with Crippen molar-refractivity contribution >= 4 is 18.4 Å². The molecule has 0 bridgehead atoms. The third-order valence-electron chi connectivity index (χ3n) is 3.20. The number of allylic oxidation sites excluding steroid dienone is 3. The van der Waals surface area contributed by atoms with Gasteiger partial charge in [-0.1, -0.05) is 24.3 Å². The van der Waals surface area contributed by atoms with Crippen LogP contribution in [0.3, 0.4) is 0 Å². The summed E-state index contributed by atoms with van der Waals surface area (Å²) in [5.74, 6) is -0.247. The molecule has 1 aliphatic carbocycles. The quantitative estimate of drug-likeness (QED) is 0.401. The van der Waals surface area contributed by atoms with Crippen LogP contribution in [0.15, 0.2) is 46.7 Å². The van der Waals surface area contributed by atoms with Gasteiger partial charge in [0.05, 0.1) is 19.3 Å². The molecule has 0 saturated carbocycles. The standard InChI is InChI=1S/C15H21N5O2/c16-15(17-6-3-7-20-8-10-22-11-9-20)19-18-12-13-4-1-2-5-14(13)21/h1-7,12-14,21H,8-11H2,(H2,16,19)/b7-3+,17-6-,18-12+. The van der Waals surface area contributed by atoms with Crippen LogP contribution < -0.4 is 5.43 Å². The molecule has 22 heavy (non-hydrogen) atoms. The number of hydrogen-bond acceptors (Lipinski definition) is 5. The van der Waals surface area contributed by atoms with Crippen LogP contribution in [0.25, 0.3) is 0 Å². The van der Waals surface area contributed by atoms with Gasteiger partial charge in [0.2, 0.25) is 5.96 Å². The second kappa shape index (κ2) is 8.91. The van der Waals surface area contributed by atoms with E-state index in [1.165, 1.54) is 0 Å². The normalized spacial score (nSPS) is 25.6. The number of nitrogens with one attached hydrogen (secondary N) is 2. The van der Waals surface area contributed by atoms with E-state index in [1.54, 1.807) is 30.7 Å². The number of ether oxygens (including phenoxy) is 1. The number of aliphatic hydroxyl groups excluding tert-OH is 1. The van der Waals surface area contributed by atoms with Crippen LogP contribution in [0.2, 0.25) is 0 Å². The van der Waals surface area contributed by atoms with Gasteiger partial charge in [-0.2, -0.15) is 5.10 Å². The van der Waals surface area contributed by atoms with E-state index < -0.39 is 6.10 Å². The fourth-order valence-corrected chi connectivity index (χ4v) is 1.97. The molecule has 2 rings (SSSR count). The Bertz CT molecular complexity index is 504. The third-order valence-corrected chi connectivity index (χ3v) is 3.20. The van der Waals surface area contributed by atoms with Crippen LogP contribution in [0, 0.1) is 11.3 Å². The summed E-state index contributed by atoms with van der Waals surface area (Å²) in [4.78, 5) is 6.04. The SMILES string of the molecule is N=C(/N=C\C=C\N1CCOCC1)N/N=C/C1C=CC=CC1O. The van der Waals surface area contributed by atoms with E-state index in [2.05, 4.69) is 20.4 Å². The molecule has 0 amide bonds. The number of nitrogens with zero attached hydrogens (tertiary/aromatic N) is 3. The summed E-state index contributed by atoms with van der Waals surface area (Å²) >= 11 is 0. The topological polar surface area (TPSA) is 93.3 Å². The number of rotatable bonds is 4. The van der Waals surface area contributed by atoms with Gasteiger partial charge in [-0.15, -0.1) is 0 Å². The van der Waals surface area contributed by atoms with Crippen molar-refractivity contribution in [2.75, 3.05) is 26.3 Å². The first kappa shape index (κ1) is 16.1. The molecule has 2 unspecified atom stereocenters. The van der Waals surface area contributed by atoms with Gasteiger partial charge >= 0.3 is 0 Å². The highest BCUT2D eigenvalue weighted by molar-refractivity contribution is 5.89. The van der Waals surface area contributed by atoms with Gasteiger partial charge in [-0.25, -0.2) is 10.4 Å². The lowest BCUT2D eigenvalue weighted by molar-refractivity contribution is 0.0594. The Labute approximate surface area is 129 Å². The second-order valence-electron chi connectivity index (χ2n) is 4.84. The van der Waals surface area contributed by atoms with E-state index in [0.717, 1.165) is 26.3 Å². The number of morpholine rings is 1. The van der Waals surface area contributed by atoms with Gasteiger partial charge < -0.3 is 14.7 Å². The largest absolute Gasteiger partial charge is 0.388 e. The molecule has 0 aromatic heterocycles. The van der Waals surface area contributed by atoms with Gasteiger partial charge in [0.25, 0.3) is 0 Å². The monoisotopic (exact) mass is 303 g/mol. The highest BCUT2D eigenvalue weighted by Crippen LogP contribution is 2.09. The van der Waals surface area contributed by atoms with Crippen molar-refractivity contribution < 1.29 is 9.84 Å². The highest BCUT2D eigenvalue weighted by atomic mass is 16.5. The van der Waals surface area contributed by atoms with Crippen LogP contribution in [-0.2, 0) is 4.74 Å². The first-order chi connectivity index (χ1) is 10.8. The summed E-state index contributed by atoms with van der Waals surface area (Å²) in [7, 11) is 0. The summed E-state index contributed by atoms with van der Waals surface area (Å²) < 4.78 is 5.25. The zero-order valence-corrected chi connectivity index (χ0v) is 12.3. The van der Waals surface area contributed by atoms with Crippen LogP contribution in [-0.4, -0.2) is 60.8 Å². The Hall–Kier alpha value is -2.25. The minimum Gasteiger partial charge on any atom is -0.388 e. The minimum absolute atomic E-state index is 0.0623. The lowest BCUT2D eigenvalue weighted by atomic mass is 9.99. The molecule has 0 spiro atoms. The molecular weight excluding hydrogens is 282 g/mol. The van der Waals surface area contributed by atoms with Gasteiger partial charge in [0.1, 0.15) is 0 Å². The van der Waals surface area contributed by atoms with E-state index in [4.69, 9.17) is 10.1 Å². The van der Waals surface area contributed by atoms with Gasteiger partial charge in [0.15, 0.2) is 0 Å². The zero-order valence-electron chi connectivity index (χ0n) is 12.3. The molecule has 1 saturated heterocycles. The van der Waals surface area contributed by atoms with Crippen molar-refractivity contribution in [1.29, 1.82) is 5.41 Å². The van der Waals surface area contributed by atoms with Crippen LogP contribution in [0.5, 0.6) is 0 Å². The molecule has 2 aliphatic rings. The zero-order chi connectivity index (χ0) is 15.6. The first-order valence-corrected chi connectivity index (χ1v) is 7.19. The Morgan fingerprint density at radius 1 is 1.32 bits per heavy atom. The average Bonchev–Trinajstić information content (AvgIpc) is 2.54. The lowest BCUT2D eigenvalue weighted by Gasteiger charge is -2.24. The Balaban J connectivity index is 1.68. The summed E-state index contributed by atoms with van der Waals surface area (Å²) in [5.41, 5.74) is 2.51. The van der Waals surface area contributed by atoms with Crippen LogP contribution in [0.4, 0.5) is 0 Å². The highest BCUT2D eigenvalue weighted by Gasteiger charge is 2.12. The fraction of sp³-hybridized carbons (Fsp3) is 0.400. The minimum atomic E-state index is -0.579. The summed E-state index contributed by atoms with van der Waals surface area (Å²) in [6.07, 6.45) is 13.4. The van der Waals surface area contributed by atoms with Gasteiger partial charge in [-0.3, -0.25) is 5.41 Å². The Morgan fingerprint density at radius 3 is 2.86 bits per heavy atom. The van der Waals surface area contributed by atoms with Crippen molar-refractivity contribution in [2.24, 2.45) is 16.0 Å². The molecular formula is C15H21N5O2. The van der Waals surface area contributed by atoms with Gasteiger partial charge in [0, 0.05) is 37.6 Å². The van der Waals surface area contributed by atoms with Crippen LogP contribution in [0.1, 0.15) is 0 Å². The average molecular weight is 303 g/mol. The Kier molecular flexibility index (Phi) is 6.53. The molecule has 3 N–H and O–H groups in total. The molecule has 1 aliphatic heterocycles. The fourth-order valence-electron chi connectivity index (χ4n) is 1.97. The van der Waals surface area contributed by atoms with Crippen molar-refractivity contribution in [3.05, 3.63) is 36.6 Å². The number of aliphatic imine (C=N–C) groups is 1. The molecule has 118 valence electrons. The molecule has 1 heterocycles. The van der Waals surface area contributed by atoms with Gasteiger partial charge in [-0.05, 0) is 6.08 Å². The summed E-state index contributed by atoms with van der Waals surface area (Å²) in [6, 6.07) is 0. The van der Waals surface area contributed by atoms with E-state index >= 15 is 0 Å². The molecule has 1 fully saturated rings. The molecule has 2 atom stereocenters.